The van der Waals surface area contributed by atoms with Crippen LogP contribution in [0.4, 0.5) is 0 Å². The Balaban J connectivity index is 2.74. The molecular formula is C13H17BrO5. The topological polar surface area (TPSA) is 65.0 Å². The van der Waals surface area contributed by atoms with Crippen LogP contribution in [0.25, 0.3) is 0 Å². The summed E-state index contributed by atoms with van der Waals surface area (Å²) in [5.74, 6) is -0.0888. The summed E-state index contributed by atoms with van der Waals surface area (Å²) in [5, 5.41) is 8.96. The second kappa shape index (κ2) is 8.01. The zero-order chi connectivity index (χ0) is 14.3. The number of rotatable bonds is 8. The van der Waals surface area contributed by atoms with Crippen LogP contribution < -0.4 is 9.47 Å². The Labute approximate surface area is 120 Å². The van der Waals surface area contributed by atoms with Crippen molar-refractivity contribution in [1.29, 1.82) is 0 Å². The van der Waals surface area contributed by atoms with Crippen LogP contribution in [0.1, 0.15) is 23.2 Å². The Kier molecular flexibility index (Phi) is 6.66. The molecule has 0 saturated carbocycles. The van der Waals surface area contributed by atoms with Gasteiger partial charge in [0.15, 0.2) is 11.5 Å². The maximum atomic E-state index is 10.9. The van der Waals surface area contributed by atoms with Gasteiger partial charge in [-0.3, -0.25) is 0 Å². The van der Waals surface area contributed by atoms with Crippen molar-refractivity contribution in [2.24, 2.45) is 0 Å². The van der Waals surface area contributed by atoms with Gasteiger partial charge < -0.3 is 19.3 Å². The third-order valence-electron chi connectivity index (χ3n) is 2.47. The standard InChI is InChI=1S/C13H17BrO5/c1-17-5-3-4-6-19-12-10(14)7-9(13(15)16)8-11(12)18-2/h7-8H,3-6H2,1-2H3,(H,15,16). The molecule has 0 unspecified atom stereocenters. The lowest BCUT2D eigenvalue weighted by molar-refractivity contribution is 0.0696. The van der Waals surface area contributed by atoms with E-state index in [-0.39, 0.29) is 5.56 Å². The predicted molar refractivity (Wildman–Crippen MR) is 74.3 cm³/mol. The third kappa shape index (κ3) is 4.72. The van der Waals surface area contributed by atoms with Crippen LogP contribution in [0.5, 0.6) is 11.5 Å². The molecule has 0 radical (unpaired) electrons. The highest BCUT2D eigenvalue weighted by molar-refractivity contribution is 9.10. The van der Waals surface area contributed by atoms with E-state index in [1.807, 2.05) is 0 Å². The van der Waals surface area contributed by atoms with Crippen LogP contribution in [0.2, 0.25) is 0 Å². The number of carbonyl (C=O) groups is 1. The third-order valence-corrected chi connectivity index (χ3v) is 3.05. The molecule has 19 heavy (non-hydrogen) atoms. The molecule has 0 atom stereocenters. The summed E-state index contributed by atoms with van der Waals surface area (Å²) in [6.45, 7) is 1.21. The van der Waals surface area contributed by atoms with Crippen molar-refractivity contribution in [2.75, 3.05) is 27.4 Å². The molecule has 106 valence electrons. The van der Waals surface area contributed by atoms with Crippen LogP contribution >= 0.6 is 15.9 Å². The Hall–Kier alpha value is -1.27. The van der Waals surface area contributed by atoms with Gasteiger partial charge in [-0.05, 0) is 40.9 Å². The molecule has 0 spiro atoms. The van der Waals surface area contributed by atoms with Gasteiger partial charge in [-0.15, -0.1) is 0 Å². The van der Waals surface area contributed by atoms with Crippen LogP contribution in [0, 0.1) is 0 Å². The number of aromatic carboxylic acids is 1. The van der Waals surface area contributed by atoms with Gasteiger partial charge in [0, 0.05) is 13.7 Å². The molecule has 0 bridgehead atoms. The summed E-state index contributed by atoms with van der Waals surface area (Å²) in [6.07, 6.45) is 1.76. The fraction of sp³-hybridized carbons (Fsp3) is 0.462. The van der Waals surface area contributed by atoms with Gasteiger partial charge >= 0.3 is 5.97 Å². The maximum Gasteiger partial charge on any atom is 0.335 e. The minimum absolute atomic E-state index is 0.149. The van der Waals surface area contributed by atoms with E-state index in [2.05, 4.69) is 15.9 Å². The lowest BCUT2D eigenvalue weighted by Crippen LogP contribution is -2.04. The van der Waals surface area contributed by atoms with Crippen LogP contribution in [0.15, 0.2) is 16.6 Å². The van der Waals surface area contributed by atoms with Gasteiger partial charge in [0.05, 0.1) is 23.8 Å². The molecule has 0 aliphatic heterocycles. The number of hydrogen-bond donors (Lipinski definition) is 1. The zero-order valence-corrected chi connectivity index (χ0v) is 12.5. The molecule has 6 heteroatoms. The molecule has 0 fully saturated rings. The normalized spacial score (nSPS) is 10.3. The quantitative estimate of drug-likeness (QED) is 0.741. The first-order valence-electron chi connectivity index (χ1n) is 5.82. The minimum atomic E-state index is -1.01. The Morgan fingerprint density at radius 3 is 2.53 bits per heavy atom. The maximum absolute atomic E-state index is 10.9. The highest BCUT2D eigenvalue weighted by Gasteiger charge is 2.14. The summed E-state index contributed by atoms with van der Waals surface area (Å²) in [4.78, 5) is 10.9. The van der Waals surface area contributed by atoms with Crippen molar-refractivity contribution in [2.45, 2.75) is 12.8 Å². The molecule has 0 aliphatic carbocycles. The molecular weight excluding hydrogens is 316 g/mol. The number of ether oxygens (including phenoxy) is 3. The van der Waals surface area contributed by atoms with E-state index < -0.39 is 5.97 Å². The van der Waals surface area contributed by atoms with E-state index in [9.17, 15) is 4.79 Å². The number of halogens is 1. The summed E-state index contributed by atoms with van der Waals surface area (Å²) >= 11 is 3.30. The number of carboxylic acid groups (broad SMARTS) is 1. The van der Waals surface area contributed by atoms with E-state index >= 15 is 0 Å². The minimum Gasteiger partial charge on any atom is -0.493 e. The molecule has 1 rings (SSSR count). The first-order valence-corrected chi connectivity index (χ1v) is 6.62. The predicted octanol–water partition coefficient (Wildman–Crippen LogP) is 2.96. The average molecular weight is 333 g/mol. The largest absolute Gasteiger partial charge is 0.493 e. The molecule has 1 aromatic rings. The Morgan fingerprint density at radius 2 is 1.95 bits per heavy atom. The van der Waals surface area contributed by atoms with Crippen molar-refractivity contribution in [3.05, 3.63) is 22.2 Å². The van der Waals surface area contributed by atoms with Crippen molar-refractivity contribution < 1.29 is 24.1 Å². The fourth-order valence-corrected chi connectivity index (χ4v) is 2.06. The van der Waals surface area contributed by atoms with Gasteiger partial charge in [-0.25, -0.2) is 4.79 Å². The number of benzene rings is 1. The second-order valence-corrected chi connectivity index (χ2v) is 4.70. The van der Waals surface area contributed by atoms with Gasteiger partial charge in [0.1, 0.15) is 0 Å². The van der Waals surface area contributed by atoms with E-state index in [0.29, 0.717) is 29.2 Å². The number of carboxylic acids is 1. The molecule has 0 amide bonds. The lowest BCUT2D eigenvalue weighted by Gasteiger charge is -2.13. The van der Waals surface area contributed by atoms with Crippen molar-refractivity contribution in [3.8, 4) is 11.5 Å². The molecule has 0 aromatic heterocycles. The molecule has 5 nitrogen and oxygen atoms in total. The first-order chi connectivity index (χ1) is 9.10. The molecule has 0 aliphatic rings. The average Bonchev–Trinajstić information content (AvgIpc) is 2.39. The number of unbranched alkanes of at least 4 members (excludes halogenated alkanes) is 1. The summed E-state index contributed by atoms with van der Waals surface area (Å²) < 4.78 is 16.3. The Bertz CT molecular complexity index is 433. The van der Waals surface area contributed by atoms with Crippen molar-refractivity contribution in [3.63, 3.8) is 0 Å². The number of hydrogen-bond acceptors (Lipinski definition) is 4. The van der Waals surface area contributed by atoms with E-state index in [4.69, 9.17) is 19.3 Å². The van der Waals surface area contributed by atoms with Crippen LogP contribution in [-0.4, -0.2) is 38.5 Å². The highest BCUT2D eigenvalue weighted by Crippen LogP contribution is 2.36. The van der Waals surface area contributed by atoms with E-state index in [1.54, 1.807) is 7.11 Å². The van der Waals surface area contributed by atoms with Crippen molar-refractivity contribution >= 4 is 21.9 Å². The zero-order valence-electron chi connectivity index (χ0n) is 10.9. The highest BCUT2D eigenvalue weighted by atomic mass is 79.9. The first kappa shape index (κ1) is 15.8. The lowest BCUT2D eigenvalue weighted by atomic mass is 10.2. The van der Waals surface area contributed by atoms with Gasteiger partial charge in [0.2, 0.25) is 0 Å². The van der Waals surface area contributed by atoms with Gasteiger partial charge in [0.25, 0.3) is 0 Å². The van der Waals surface area contributed by atoms with E-state index in [1.165, 1.54) is 19.2 Å². The molecule has 0 heterocycles. The summed E-state index contributed by atoms with van der Waals surface area (Å²) in [7, 11) is 3.14. The molecule has 0 saturated heterocycles. The monoisotopic (exact) mass is 332 g/mol. The summed E-state index contributed by atoms with van der Waals surface area (Å²) in [5.41, 5.74) is 0.149. The molecule has 1 aromatic carbocycles. The van der Waals surface area contributed by atoms with Crippen LogP contribution in [-0.2, 0) is 4.74 Å². The Morgan fingerprint density at radius 1 is 1.26 bits per heavy atom. The SMILES string of the molecule is COCCCCOc1c(Br)cc(C(=O)O)cc1OC. The molecule has 1 N–H and O–H groups in total. The second-order valence-electron chi connectivity index (χ2n) is 3.84. The van der Waals surface area contributed by atoms with Gasteiger partial charge in [-0.2, -0.15) is 0 Å². The van der Waals surface area contributed by atoms with Crippen molar-refractivity contribution in [1.82, 2.24) is 0 Å². The van der Waals surface area contributed by atoms with E-state index in [0.717, 1.165) is 12.8 Å². The van der Waals surface area contributed by atoms with Gasteiger partial charge in [-0.1, -0.05) is 0 Å². The number of methoxy groups -OCH3 is 2. The fourth-order valence-electron chi connectivity index (χ4n) is 1.51. The van der Waals surface area contributed by atoms with Crippen LogP contribution in [0.3, 0.4) is 0 Å². The summed E-state index contributed by atoms with van der Waals surface area (Å²) in [6, 6.07) is 2.94. The smallest absolute Gasteiger partial charge is 0.335 e.